The molecule has 2 aromatic rings. The van der Waals surface area contributed by atoms with E-state index < -0.39 is 17.7 Å². The summed E-state index contributed by atoms with van der Waals surface area (Å²) in [6.07, 6.45) is -0.911. The molecule has 2 rings (SSSR count). The summed E-state index contributed by atoms with van der Waals surface area (Å²) >= 11 is 0. The van der Waals surface area contributed by atoms with Gasteiger partial charge in [0.05, 0.1) is 17.7 Å². The number of rotatable bonds is 4. The van der Waals surface area contributed by atoms with Gasteiger partial charge in [-0.05, 0) is 43.3 Å². The molecule has 0 bridgehead atoms. The zero-order valence-electron chi connectivity index (χ0n) is 11.3. The summed E-state index contributed by atoms with van der Waals surface area (Å²) in [5.41, 5.74) is 0.826. The molecule has 0 aromatic heterocycles. The van der Waals surface area contributed by atoms with Crippen molar-refractivity contribution in [2.45, 2.75) is 19.6 Å². The molecule has 0 spiro atoms. The van der Waals surface area contributed by atoms with Gasteiger partial charge in [0, 0.05) is 11.1 Å². The van der Waals surface area contributed by atoms with Crippen molar-refractivity contribution >= 4 is 0 Å². The molecule has 3 nitrogen and oxygen atoms in total. The Hall–Kier alpha value is -2.45. The summed E-state index contributed by atoms with van der Waals surface area (Å²) in [6, 6.07) is 9.62. The second-order valence-electron chi connectivity index (χ2n) is 4.56. The molecule has 108 valence electrons. The Bertz CT molecular complexity index is 693. The van der Waals surface area contributed by atoms with Crippen molar-refractivity contribution in [1.82, 2.24) is 0 Å². The first kappa shape index (κ1) is 14.9. The Morgan fingerprint density at radius 3 is 2.67 bits per heavy atom. The van der Waals surface area contributed by atoms with Gasteiger partial charge in [-0.15, -0.1) is 0 Å². The van der Waals surface area contributed by atoms with E-state index in [4.69, 9.17) is 10.00 Å². The molecule has 0 amide bonds. The van der Waals surface area contributed by atoms with E-state index in [2.05, 4.69) is 0 Å². The van der Waals surface area contributed by atoms with Crippen LogP contribution in [0, 0.1) is 23.0 Å². The minimum atomic E-state index is -0.911. The van der Waals surface area contributed by atoms with Gasteiger partial charge in [-0.3, -0.25) is 0 Å². The molecular formula is C16H13F2NO2. The molecule has 0 saturated heterocycles. The van der Waals surface area contributed by atoms with Crippen molar-refractivity contribution < 1.29 is 18.6 Å². The molecule has 0 aliphatic heterocycles. The first-order chi connectivity index (χ1) is 10.0. The Kier molecular flexibility index (Phi) is 4.51. The molecular weight excluding hydrogens is 276 g/mol. The zero-order chi connectivity index (χ0) is 15.4. The molecule has 0 aliphatic rings. The minimum Gasteiger partial charge on any atom is -0.488 e. The van der Waals surface area contributed by atoms with E-state index in [9.17, 15) is 13.9 Å². The van der Waals surface area contributed by atoms with Gasteiger partial charge in [-0.1, -0.05) is 0 Å². The lowest BCUT2D eigenvalue weighted by Gasteiger charge is -2.14. The zero-order valence-corrected chi connectivity index (χ0v) is 11.3. The number of ether oxygens (including phenoxy) is 1. The van der Waals surface area contributed by atoms with Crippen molar-refractivity contribution in [2.75, 3.05) is 0 Å². The summed E-state index contributed by atoms with van der Waals surface area (Å²) < 4.78 is 32.2. The summed E-state index contributed by atoms with van der Waals surface area (Å²) in [4.78, 5) is 0. The van der Waals surface area contributed by atoms with E-state index in [1.54, 1.807) is 0 Å². The van der Waals surface area contributed by atoms with Crippen LogP contribution >= 0.6 is 0 Å². The smallest absolute Gasteiger partial charge is 0.129 e. The van der Waals surface area contributed by atoms with Crippen LogP contribution in [-0.4, -0.2) is 5.11 Å². The molecule has 0 radical (unpaired) electrons. The fraction of sp³-hybridized carbons (Fsp3) is 0.188. The summed E-state index contributed by atoms with van der Waals surface area (Å²) in [5, 5.41) is 18.4. The van der Waals surface area contributed by atoms with Gasteiger partial charge in [-0.2, -0.15) is 5.26 Å². The molecule has 1 N–H and O–H groups in total. The molecule has 0 saturated carbocycles. The van der Waals surface area contributed by atoms with Crippen LogP contribution in [0.3, 0.4) is 0 Å². The van der Waals surface area contributed by atoms with Crippen LogP contribution in [0.1, 0.15) is 29.7 Å². The average Bonchev–Trinajstić information content (AvgIpc) is 2.47. The highest BCUT2D eigenvalue weighted by atomic mass is 19.1. The monoisotopic (exact) mass is 289 g/mol. The second kappa shape index (κ2) is 6.33. The summed E-state index contributed by atoms with van der Waals surface area (Å²) in [7, 11) is 0. The van der Waals surface area contributed by atoms with Crippen LogP contribution in [0.15, 0.2) is 36.4 Å². The third kappa shape index (κ3) is 3.56. The average molecular weight is 289 g/mol. The van der Waals surface area contributed by atoms with Crippen LogP contribution < -0.4 is 4.74 Å². The molecule has 5 heteroatoms. The number of nitrogens with zero attached hydrogens (tertiary/aromatic N) is 1. The highest BCUT2D eigenvalue weighted by molar-refractivity contribution is 5.37. The molecule has 0 heterocycles. The van der Waals surface area contributed by atoms with E-state index in [-0.39, 0.29) is 23.5 Å². The van der Waals surface area contributed by atoms with Crippen molar-refractivity contribution in [3.63, 3.8) is 0 Å². The molecule has 0 fully saturated rings. The number of aliphatic hydroxyl groups excluding tert-OH is 1. The van der Waals surface area contributed by atoms with Gasteiger partial charge in [0.2, 0.25) is 0 Å². The lowest BCUT2D eigenvalue weighted by Crippen LogP contribution is -2.03. The third-order valence-electron chi connectivity index (χ3n) is 2.98. The van der Waals surface area contributed by atoms with Gasteiger partial charge >= 0.3 is 0 Å². The van der Waals surface area contributed by atoms with E-state index in [1.807, 2.05) is 6.07 Å². The Morgan fingerprint density at radius 2 is 2.00 bits per heavy atom. The SMILES string of the molecule is C[C@H](O)c1cc(F)ccc1OCc1cc(C#N)ccc1F. The van der Waals surface area contributed by atoms with Crippen molar-refractivity contribution in [3.05, 3.63) is 64.7 Å². The van der Waals surface area contributed by atoms with Gasteiger partial charge in [0.1, 0.15) is 24.0 Å². The highest BCUT2D eigenvalue weighted by Crippen LogP contribution is 2.27. The van der Waals surface area contributed by atoms with Crippen molar-refractivity contribution in [2.24, 2.45) is 0 Å². The number of nitriles is 1. The van der Waals surface area contributed by atoms with E-state index in [0.717, 1.165) is 0 Å². The van der Waals surface area contributed by atoms with E-state index in [1.165, 1.54) is 43.3 Å². The normalized spacial score (nSPS) is 11.8. The first-order valence-corrected chi connectivity index (χ1v) is 6.30. The highest BCUT2D eigenvalue weighted by Gasteiger charge is 2.12. The van der Waals surface area contributed by atoms with Gasteiger partial charge in [0.15, 0.2) is 0 Å². The largest absolute Gasteiger partial charge is 0.488 e. The fourth-order valence-corrected chi connectivity index (χ4v) is 1.89. The summed E-state index contributed by atoms with van der Waals surface area (Å²) in [6.45, 7) is 1.37. The number of benzene rings is 2. The van der Waals surface area contributed by atoms with Crippen LogP contribution in [0.5, 0.6) is 5.75 Å². The Balaban J connectivity index is 2.23. The Morgan fingerprint density at radius 1 is 1.24 bits per heavy atom. The lowest BCUT2D eigenvalue weighted by atomic mass is 10.1. The van der Waals surface area contributed by atoms with Gasteiger partial charge < -0.3 is 9.84 Å². The molecule has 0 unspecified atom stereocenters. The maximum Gasteiger partial charge on any atom is 0.129 e. The van der Waals surface area contributed by atoms with Crippen LogP contribution in [0.2, 0.25) is 0 Å². The van der Waals surface area contributed by atoms with E-state index >= 15 is 0 Å². The van der Waals surface area contributed by atoms with Gasteiger partial charge in [0.25, 0.3) is 0 Å². The lowest BCUT2D eigenvalue weighted by molar-refractivity contribution is 0.189. The van der Waals surface area contributed by atoms with Crippen molar-refractivity contribution in [1.29, 1.82) is 5.26 Å². The predicted molar refractivity (Wildman–Crippen MR) is 72.5 cm³/mol. The molecule has 0 aliphatic carbocycles. The minimum absolute atomic E-state index is 0.118. The van der Waals surface area contributed by atoms with Gasteiger partial charge in [-0.25, -0.2) is 8.78 Å². The predicted octanol–water partition coefficient (Wildman–Crippen LogP) is 3.47. The number of aliphatic hydroxyl groups is 1. The molecule has 2 aromatic carbocycles. The van der Waals surface area contributed by atoms with Crippen LogP contribution in [0.4, 0.5) is 8.78 Å². The Labute approximate surface area is 121 Å². The number of hydrogen-bond acceptors (Lipinski definition) is 3. The quantitative estimate of drug-likeness (QED) is 0.937. The maximum atomic E-state index is 13.6. The first-order valence-electron chi connectivity index (χ1n) is 6.30. The standard InChI is InChI=1S/C16H13F2NO2/c1-10(20)14-7-13(17)3-5-16(14)21-9-12-6-11(8-19)2-4-15(12)18/h2-7,10,20H,9H2,1H3/t10-/m0/s1. The van der Waals surface area contributed by atoms with Crippen molar-refractivity contribution in [3.8, 4) is 11.8 Å². The number of halogens is 2. The topological polar surface area (TPSA) is 53.2 Å². The molecule has 1 atom stereocenters. The molecule has 21 heavy (non-hydrogen) atoms. The van der Waals surface area contributed by atoms with E-state index in [0.29, 0.717) is 5.56 Å². The maximum absolute atomic E-state index is 13.6. The van der Waals surface area contributed by atoms with Crippen LogP contribution in [0.25, 0.3) is 0 Å². The third-order valence-corrected chi connectivity index (χ3v) is 2.98. The second-order valence-corrected chi connectivity index (χ2v) is 4.56. The fourth-order valence-electron chi connectivity index (χ4n) is 1.89. The van der Waals surface area contributed by atoms with Crippen LogP contribution in [-0.2, 0) is 6.61 Å². The summed E-state index contributed by atoms with van der Waals surface area (Å²) in [5.74, 6) is -0.709. The number of hydrogen-bond donors (Lipinski definition) is 1.